The van der Waals surface area contributed by atoms with E-state index in [-0.39, 0.29) is 17.9 Å². The van der Waals surface area contributed by atoms with Crippen molar-refractivity contribution in [3.05, 3.63) is 42.0 Å². The maximum Gasteiger partial charge on any atom is 0.133 e. The Bertz CT molecular complexity index is 368. The summed E-state index contributed by atoms with van der Waals surface area (Å²) in [6, 6.07) is 2.40. The average Bonchev–Trinajstić information content (AvgIpc) is 2.11. The third-order valence-corrected chi connectivity index (χ3v) is 2.13. The highest BCUT2D eigenvalue weighted by atomic mass is 19.1. The Morgan fingerprint density at radius 2 is 1.75 bits per heavy atom. The molecule has 0 heterocycles. The van der Waals surface area contributed by atoms with E-state index in [0.29, 0.717) is 0 Å². The van der Waals surface area contributed by atoms with Crippen molar-refractivity contribution in [3.63, 3.8) is 0 Å². The number of hydrogen-bond acceptors (Lipinski definition) is 1. The molecule has 0 amide bonds. The van der Waals surface area contributed by atoms with Crippen molar-refractivity contribution in [3.8, 4) is 5.75 Å². The fourth-order valence-electron chi connectivity index (χ4n) is 1.50. The summed E-state index contributed by atoms with van der Waals surface area (Å²) in [6.45, 7) is 8.98. The Balaban J connectivity index is 3.12. The monoisotopic (exact) mass is 226 g/mol. The molecule has 1 aromatic carbocycles. The van der Waals surface area contributed by atoms with Crippen LogP contribution in [0.2, 0.25) is 0 Å². The van der Waals surface area contributed by atoms with Gasteiger partial charge in [-0.1, -0.05) is 33.4 Å². The van der Waals surface area contributed by atoms with Gasteiger partial charge in [0.2, 0.25) is 0 Å². The molecule has 0 bridgehead atoms. The third-order valence-electron chi connectivity index (χ3n) is 2.13. The van der Waals surface area contributed by atoms with Crippen molar-refractivity contribution < 1.29 is 13.5 Å². The highest BCUT2D eigenvalue weighted by molar-refractivity contribution is 5.34. The zero-order chi connectivity index (χ0) is 12.3. The van der Waals surface area contributed by atoms with Crippen LogP contribution in [-0.4, -0.2) is 6.61 Å². The van der Waals surface area contributed by atoms with Crippen LogP contribution in [-0.2, 0) is 5.41 Å². The second kappa shape index (κ2) is 4.64. The minimum absolute atomic E-state index is 0.0819. The molecule has 0 atom stereocenters. The third kappa shape index (κ3) is 2.81. The van der Waals surface area contributed by atoms with Gasteiger partial charge in [-0.05, 0) is 5.41 Å². The van der Waals surface area contributed by atoms with Crippen molar-refractivity contribution >= 4 is 0 Å². The minimum atomic E-state index is -0.577. The molecule has 0 aromatic heterocycles. The molecule has 1 rings (SSSR count). The van der Waals surface area contributed by atoms with Crippen molar-refractivity contribution in [2.24, 2.45) is 0 Å². The standard InChI is InChI=1S/C13H16F2O/c1-5-6-16-9-7-10(14)12(11(15)8-9)13(2,3)4/h5,7-8H,1,6H2,2-4H3. The molecule has 0 saturated heterocycles. The fraction of sp³-hybridized carbons (Fsp3) is 0.385. The van der Waals surface area contributed by atoms with E-state index in [2.05, 4.69) is 6.58 Å². The van der Waals surface area contributed by atoms with Gasteiger partial charge in [0, 0.05) is 17.7 Å². The maximum atomic E-state index is 13.7. The van der Waals surface area contributed by atoms with Crippen molar-refractivity contribution in [2.75, 3.05) is 6.61 Å². The molecule has 1 aromatic rings. The van der Waals surface area contributed by atoms with E-state index in [9.17, 15) is 8.78 Å². The van der Waals surface area contributed by atoms with Crippen LogP contribution in [0.4, 0.5) is 8.78 Å². The Hall–Kier alpha value is -1.38. The topological polar surface area (TPSA) is 9.23 Å². The zero-order valence-corrected chi connectivity index (χ0v) is 9.81. The molecule has 0 unspecified atom stereocenters. The SMILES string of the molecule is C=CCOc1cc(F)c(C(C)(C)C)c(F)c1. The average molecular weight is 226 g/mol. The molecule has 16 heavy (non-hydrogen) atoms. The van der Waals surface area contributed by atoms with Crippen LogP contribution in [0.15, 0.2) is 24.8 Å². The molecule has 0 aliphatic carbocycles. The molecule has 0 fully saturated rings. The first kappa shape index (κ1) is 12.7. The van der Waals surface area contributed by atoms with Crippen molar-refractivity contribution in [1.82, 2.24) is 0 Å². The van der Waals surface area contributed by atoms with Gasteiger partial charge in [0.1, 0.15) is 24.0 Å². The highest BCUT2D eigenvalue weighted by Gasteiger charge is 2.23. The quantitative estimate of drug-likeness (QED) is 0.712. The number of halogens is 2. The van der Waals surface area contributed by atoms with E-state index in [1.807, 2.05) is 0 Å². The van der Waals surface area contributed by atoms with Gasteiger partial charge in [0.15, 0.2) is 0 Å². The van der Waals surface area contributed by atoms with Crippen LogP contribution in [0.3, 0.4) is 0 Å². The van der Waals surface area contributed by atoms with E-state index in [1.165, 1.54) is 18.2 Å². The van der Waals surface area contributed by atoms with E-state index in [4.69, 9.17) is 4.74 Å². The van der Waals surface area contributed by atoms with E-state index in [0.717, 1.165) is 0 Å². The summed E-state index contributed by atoms with van der Waals surface area (Å²) in [6.07, 6.45) is 1.52. The molecule has 0 aliphatic rings. The Labute approximate surface area is 94.7 Å². The van der Waals surface area contributed by atoms with Gasteiger partial charge in [0.25, 0.3) is 0 Å². The molecule has 0 saturated carbocycles. The summed E-state index contributed by atoms with van der Waals surface area (Å²) >= 11 is 0. The summed E-state index contributed by atoms with van der Waals surface area (Å²) in [5.41, 5.74) is -0.482. The first-order chi connectivity index (χ1) is 7.36. The summed E-state index contributed by atoms with van der Waals surface area (Å²) in [7, 11) is 0. The highest BCUT2D eigenvalue weighted by Crippen LogP contribution is 2.30. The van der Waals surface area contributed by atoms with Crippen molar-refractivity contribution in [1.29, 1.82) is 0 Å². The summed E-state index contributed by atoms with van der Waals surface area (Å²) in [5, 5.41) is 0. The number of benzene rings is 1. The second-order valence-corrected chi connectivity index (χ2v) is 4.61. The van der Waals surface area contributed by atoms with E-state index in [1.54, 1.807) is 20.8 Å². The molecule has 1 nitrogen and oxygen atoms in total. The van der Waals surface area contributed by atoms with Gasteiger partial charge in [-0.3, -0.25) is 0 Å². The normalized spacial score (nSPS) is 11.3. The zero-order valence-electron chi connectivity index (χ0n) is 9.81. The van der Waals surface area contributed by atoms with Gasteiger partial charge < -0.3 is 4.74 Å². The lowest BCUT2D eigenvalue weighted by atomic mass is 9.86. The Kier molecular flexibility index (Phi) is 3.68. The van der Waals surface area contributed by atoms with Crippen LogP contribution in [0.1, 0.15) is 26.3 Å². The van der Waals surface area contributed by atoms with Gasteiger partial charge in [-0.15, -0.1) is 0 Å². The summed E-state index contributed by atoms with van der Waals surface area (Å²) in [5.74, 6) is -0.971. The van der Waals surface area contributed by atoms with E-state index < -0.39 is 17.0 Å². The molecule has 0 radical (unpaired) electrons. The fourth-order valence-corrected chi connectivity index (χ4v) is 1.50. The summed E-state index contributed by atoms with van der Waals surface area (Å²) in [4.78, 5) is 0. The molecule has 0 N–H and O–H groups in total. The number of ether oxygens (including phenoxy) is 1. The van der Waals surface area contributed by atoms with Crippen LogP contribution in [0.25, 0.3) is 0 Å². The maximum absolute atomic E-state index is 13.7. The molecular weight excluding hydrogens is 210 g/mol. The first-order valence-corrected chi connectivity index (χ1v) is 5.09. The number of rotatable bonds is 3. The predicted molar refractivity (Wildman–Crippen MR) is 60.8 cm³/mol. The summed E-state index contributed by atoms with van der Waals surface area (Å²) < 4.78 is 32.5. The lowest BCUT2D eigenvalue weighted by molar-refractivity contribution is 0.355. The van der Waals surface area contributed by atoms with Crippen LogP contribution >= 0.6 is 0 Å². The molecule has 0 spiro atoms. The Morgan fingerprint density at radius 1 is 1.25 bits per heavy atom. The molecule has 0 aliphatic heterocycles. The first-order valence-electron chi connectivity index (χ1n) is 5.09. The van der Waals surface area contributed by atoms with Crippen LogP contribution in [0, 0.1) is 11.6 Å². The predicted octanol–water partition coefficient (Wildman–Crippen LogP) is 3.83. The minimum Gasteiger partial charge on any atom is -0.489 e. The van der Waals surface area contributed by atoms with Gasteiger partial charge in [-0.2, -0.15) is 0 Å². The van der Waals surface area contributed by atoms with Gasteiger partial charge in [0.05, 0.1) is 0 Å². The smallest absolute Gasteiger partial charge is 0.133 e. The molecular formula is C13H16F2O. The van der Waals surface area contributed by atoms with Gasteiger partial charge in [-0.25, -0.2) is 8.78 Å². The van der Waals surface area contributed by atoms with E-state index >= 15 is 0 Å². The molecule has 88 valence electrons. The lowest BCUT2D eigenvalue weighted by Crippen LogP contribution is -2.16. The largest absolute Gasteiger partial charge is 0.489 e. The Morgan fingerprint density at radius 3 is 2.12 bits per heavy atom. The number of hydrogen-bond donors (Lipinski definition) is 0. The lowest BCUT2D eigenvalue weighted by Gasteiger charge is -2.21. The van der Waals surface area contributed by atoms with Crippen molar-refractivity contribution in [2.45, 2.75) is 26.2 Å². The van der Waals surface area contributed by atoms with Crippen LogP contribution in [0.5, 0.6) is 5.75 Å². The van der Waals surface area contributed by atoms with Crippen LogP contribution < -0.4 is 4.74 Å². The molecule has 3 heteroatoms. The second-order valence-electron chi connectivity index (χ2n) is 4.61. The van der Waals surface area contributed by atoms with Gasteiger partial charge >= 0.3 is 0 Å².